The number of phenolic OH excluding ortho intramolecular Hbond substituents is 1. The first-order valence-corrected chi connectivity index (χ1v) is 8.00. The smallest absolute Gasteiger partial charge is 0.138 e. The molecule has 4 N–H and O–H groups in total. The van der Waals surface area contributed by atoms with Crippen LogP contribution in [0.5, 0.6) is 5.75 Å². The first-order chi connectivity index (χ1) is 12.2. The van der Waals surface area contributed by atoms with Gasteiger partial charge in [0.2, 0.25) is 0 Å². The zero-order valence-electron chi connectivity index (χ0n) is 13.4. The molecule has 0 spiro atoms. The maximum absolute atomic E-state index is 10.2. The van der Waals surface area contributed by atoms with Crippen LogP contribution in [0.4, 0.5) is 0 Å². The summed E-state index contributed by atoms with van der Waals surface area (Å²) in [5, 5.41) is 20.8. The Labute approximate surface area is 144 Å². The van der Waals surface area contributed by atoms with Gasteiger partial charge in [-0.25, -0.2) is 4.99 Å². The van der Waals surface area contributed by atoms with E-state index >= 15 is 0 Å². The van der Waals surface area contributed by atoms with Gasteiger partial charge in [0.15, 0.2) is 0 Å². The number of nitrogens with one attached hydrogen (secondary N) is 1. The van der Waals surface area contributed by atoms with Crippen LogP contribution in [0.2, 0.25) is 0 Å². The molecule has 5 heteroatoms. The maximum atomic E-state index is 10.2. The number of H-pyrrole nitrogens is 1. The molecule has 0 fully saturated rings. The first kappa shape index (κ1) is 15.0. The third-order valence-electron chi connectivity index (χ3n) is 4.61. The van der Waals surface area contributed by atoms with E-state index in [1.807, 2.05) is 42.6 Å². The van der Waals surface area contributed by atoms with Crippen molar-refractivity contribution in [1.82, 2.24) is 4.98 Å². The third-order valence-corrected chi connectivity index (χ3v) is 4.61. The van der Waals surface area contributed by atoms with Gasteiger partial charge in [-0.05, 0) is 12.1 Å². The molecule has 0 saturated carbocycles. The quantitative estimate of drug-likeness (QED) is 0.671. The lowest BCUT2D eigenvalue weighted by atomic mass is 9.83. The summed E-state index contributed by atoms with van der Waals surface area (Å²) in [6.07, 6.45) is 2.42. The summed E-state index contributed by atoms with van der Waals surface area (Å²) in [4.78, 5) is 7.72. The lowest BCUT2D eigenvalue weighted by molar-refractivity contribution is 0.465. The Bertz CT molecular complexity index is 1070. The highest BCUT2D eigenvalue weighted by molar-refractivity contribution is 6.12. The van der Waals surface area contributed by atoms with E-state index in [1.54, 1.807) is 12.1 Å². The zero-order chi connectivity index (χ0) is 17.4. The summed E-state index contributed by atoms with van der Waals surface area (Å²) in [5.74, 6) is 0.0582. The zero-order valence-corrected chi connectivity index (χ0v) is 13.4. The van der Waals surface area contributed by atoms with Crippen LogP contribution in [0.25, 0.3) is 10.9 Å². The highest BCUT2D eigenvalue weighted by Crippen LogP contribution is 2.38. The Balaban J connectivity index is 1.85. The molecule has 1 atom stereocenters. The normalized spacial score (nSPS) is 17.4. The van der Waals surface area contributed by atoms with Crippen LogP contribution < -0.4 is 5.73 Å². The molecule has 0 aliphatic carbocycles. The number of para-hydroxylation sites is 2. The predicted molar refractivity (Wildman–Crippen MR) is 97.1 cm³/mol. The van der Waals surface area contributed by atoms with Gasteiger partial charge in [-0.2, -0.15) is 5.26 Å². The Morgan fingerprint density at radius 3 is 2.72 bits per heavy atom. The molecule has 0 bridgehead atoms. The third kappa shape index (κ3) is 2.45. The van der Waals surface area contributed by atoms with Crippen molar-refractivity contribution >= 4 is 16.6 Å². The molecule has 5 nitrogen and oxygen atoms in total. The van der Waals surface area contributed by atoms with Crippen LogP contribution in [0.1, 0.15) is 23.5 Å². The van der Waals surface area contributed by atoms with Crippen molar-refractivity contribution in [3.8, 4) is 11.8 Å². The van der Waals surface area contributed by atoms with Gasteiger partial charge in [0.05, 0.1) is 17.4 Å². The van der Waals surface area contributed by atoms with Crippen molar-refractivity contribution in [2.75, 3.05) is 0 Å². The van der Waals surface area contributed by atoms with Crippen LogP contribution >= 0.6 is 0 Å². The van der Waals surface area contributed by atoms with Crippen LogP contribution in [0, 0.1) is 11.3 Å². The highest BCUT2D eigenvalue weighted by atomic mass is 16.3. The first-order valence-electron chi connectivity index (χ1n) is 8.00. The fourth-order valence-electron chi connectivity index (χ4n) is 3.39. The number of hydrogen-bond donors (Lipinski definition) is 3. The number of aromatic amines is 1. The summed E-state index contributed by atoms with van der Waals surface area (Å²) >= 11 is 0. The monoisotopic (exact) mass is 328 g/mol. The molecule has 1 aliphatic rings. The van der Waals surface area contributed by atoms with Gasteiger partial charge < -0.3 is 15.8 Å². The van der Waals surface area contributed by atoms with E-state index in [-0.39, 0.29) is 17.5 Å². The van der Waals surface area contributed by atoms with E-state index in [1.165, 1.54) is 0 Å². The number of nitrogens with two attached hydrogens (primary N) is 1. The van der Waals surface area contributed by atoms with Gasteiger partial charge in [0, 0.05) is 40.6 Å². The number of nitriles is 1. The van der Waals surface area contributed by atoms with Crippen LogP contribution in [-0.4, -0.2) is 15.8 Å². The van der Waals surface area contributed by atoms with Crippen molar-refractivity contribution in [2.45, 2.75) is 12.3 Å². The van der Waals surface area contributed by atoms with E-state index in [4.69, 9.17) is 5.73 Å². The number of phenols is 1. The minimum atomic E-state index is -0.313. The molecule has 2 aromatic carbocycles. The molecule has 3 aromatic rings. The Morgan fingerprint density at radius 1 is 1.16 bits per heavy atom. The topological polar surface area (TPSA) is 98.2 Å². The van der Waals surface area contributed by atoms with Gasteiger partial charge in [-0.15, -0.1) is 0 Å². The fraction of sp³-hybridized carbons (Fsp3) is 0.100. The second-order valence-electron chi connectivity index (χ2n) is 6.03. The number of aromatic hydroxyl groups is 1. The van der Waals surface area contributed by atoms with Crippen molar-refractivity contribution in [1.29, 1.82) is 5.26 Å². The SMILES string of the molecule is N#CC1=C(N)N=C(c2c[nH]c3ccccc23)CC1c1ccccc1O. The lowest BCUT2D eigenvalue weighted by Crippen LogP contribution is -2.19. The molecule has 1 aromatic heterocycles. The van der Waals surface area contributed by atoms with Gasteiger partial charge in [-0.1, -0.05) is 36.4 Å². The Hall–Kier alpha value is -3.52. The summed E-state index contributed by atoms with van der Waals surface area (Å²) in [6.45, 7) is 0. The van der Waals surface area contributed by atoms with Gasteiger partial charge in [-0.3, -0.25) is 0 Å². The second kappa shape index (κ2) is 5.84. The maximum Gasteiger partial charge on any atom is 0.138 e. The van der Waals surface area contributed by atoms with E-state index in [9.17, 15) is 10.4 Å². The average molecular weight is 328 g/mol. The molecule has 4 rings (SSSR count). The van der Waals surface area contributed by atoms with Crippen molar-refractivity contribution in [3.05, 3.63) is 77.2 Å². The minimum absolute atomic E-state index is 0.160. The number of aliphatic imine (C=N–C) groups is 1. The molecule has 1 aliphatic heterocycles. The highest BCUT2D eigenvalue weighted by Gasteiger charge is 2.29. The molecule has 122 valence electrons. The van der Waals surface area contributed by atoms with E-state index in [0.717, 1.165) is 22.2 Å². The number of hydrogen-bond acceptors (Lipinski definition) is 4. The number of benzene rings is 2. The summed E-state index contributed by atoms with van der Waals surface area (Å²) < 4.78 is 0. The lowest BCUT2D eigenvalue weighted by Gasteiger charge is -2.23. The Morgan fingerprint density at radius 2 is 1.92 bits per heavy atom. The molecule has 0 radical (unpaired) electrons. The molecular formula is C20H16N4O. The second-order valence-corrected chi connectivity index (χ2v) is 6.03. The van der Waals surface area contributed by atoms with E-state index < -0.39 is 0 Å². The number of allylic oxidation sites excluding steroid dienone is 1. The van der Waals surface area contributed by atoms with Crippen LogP contribution in [0.15, 0.2) is 71.1 Å². The van der Waals surface area contributed by atoms with Gasteiger partial charge in [0.1, 0.15) is 11.6 Å². The number of rotatable bonds is 2. The summed E-state index contributed by atoms with van der Waals surface area (Å²) in [7, 11) is 0. The Kier molecular flexibility index (Phi) is 3.51. The van der Waals surface area contributed by atoms with E-state index in [0.29, 0.717) is 17.6 Å². The van der Waals surface area contributed by atoms with Crippen LogP contribution in [0.3, 0.4) is 0 Å². The summed E-state index contributed by atoms with van der Waals surface area (Å²) in [6, 6.07) is 17.2. The molecule has 0 saturated heterocycles. The van der Waals surface area contributed by atoms with E-state index in [2.05, 4.69) is 16.0 Å². The number of nitrogens with zero attached hydrogens (tertiary/aromatic N) is 2. The molecule has 2 heterocycles. The number of aromatic nitrogens is 1. The number of fused-ring (bicyclic) bond motifs is 1. The standard InChI is InChI=1S/C20H16N4O/c21-10-15-14(13-6-2-4-8-19(13)25)9-18(24-20(15)22)16-11-23-17-7-3-1-5-12(16)17/h1-8,11,14,23,25H,9,22H2. The van der Waals surface area contributed by atoms with Crippen LogP contribution in [-0.2, 0) is 0 Å². The average Bonchev–Trinajstić information content (AvgIpc) is 3.05. The van der Waals surface area contributed by atoms with Gasteiger partial charge >= 0.3 is 0 Å². The molecular weight excluding hydrogens is 312 g/mol. The van der Waals surface area contributed by atoms with Gasteiger partial charge in [0.25, 0.3) is 0 Å². The molecule has 25 heavy (non-hydrogen) atoms. The molecule has 0 amide bonds. The van der Waals surface area contributed by atoms with Crippen molar-refractivity contribution in [2.24, 2.45) is 10.7 Å². The largest absolute Gasteiger partial charge is 0.508 e. The minimum Gasteiger partial charge on any atom is -0.508 e. The molecule has 1 unspecified atom stereocenters. The van der Waals surface area contributed by atoms with Crippen molar-refractivity contribution < 1.29 is 5.11 Å². The summed E-state index contributed by atoms with van der Waals surface area (Å²) in [5.41, 5.74) is 9.97. The van der Waals surface area contributed by atoms with Crippen molar-refractivity contribution in [3.63, 3.8) is 0 Å². The predicted octanol–water partition coefficient (Wildman–Crippen LogP) is 3.54. The fourth-order valence-corrected chi connectivity index (χ4v) is 3.39.